The lowest BCUT2D eigenvalue weighted by molar-refractivity contribution is -0.122. The van der Waals surface area contributed by atoms with Crippen LogP contribution in [0.3, 0.4) is 0 Å². The molecule has 0 N–H and O–H groups in total. The minimum absolute atomic E-state index is 0.0470. The molecule has 1 amide bonds. The second-order valence-corrected chi connectivity index (χ2v) is 10.6. The number of thiophene rings is 1. The molecule has 6 nitrogen and oxygen atoms in total. The predicted octanol–water partition coefficient (Wildman–Crippen LogP) is 4.15. The smallest absolute Gasteiger partial charge is 0.294 e. The van der Waals surface area contributed by atoms with Crippen molar-refractivity contribution < 1.29 is 13.2 Å². The molecule has 1 aromatic heterocycles. The molecule has 1 aromatic carbocycles. The molecule has 1 aliphatic rings. The second kappa shape index (κ2) is 8.28. The number of thioether (sulfide) groups is 1. The summed E-state index contributed by atoms with van der Waals surface area (Å²) in [7, 11) is -0.0236. The van der Waals surface area contributed by atoms with Crippen LogP contribution in [0.15, 0.2) is 49.9 Å². The number of benzene rings is 1. The van der Waals surface area contributed by atoms with Gasteiger partial charge >= 0.3 is 0 Å². The van der Waals surface area contributed by atoms with Crippen LogP contribution < -0.4 is 4.90 Å². The van der Waals surface area contributed by atoms with Crippen LogP contribution in [0.4, 0.5) is 5.69 Å². The largest absolute Gasteiger partial charge is 0.378 e. The zero-order chi connectivity index (χ0) is 20.5. The molecule has 0 radical (unpaired) electrons. The molecule has 1 saturated heterocycles. The van der Waals surface area contributed by atoms with Gasteiger partial charge in [-0.25, -0.2) is 0 Å². The first-order chi connectivity index (χ1) is 13.2. The monoisotopic (exact) mass is 455 g/mol. The third-order valence-corrected chi connectivity index (χ3v) is 8.00. The molecule has 0 atom stereocenters. The highest BCUT2D eigenvalue weighted by atomic mass is 35.5. The third kappa shape index (κ3) is 4.43. The minimum atomic E-state index is -3.93. The molecular formula is C18H18ClN3O3S3. The van der Waals surface area contributed by atoms with Gasteiger partial charge in [-0.3, -0.25) is 9.69 Å². The fraction of sp³-hybridized carbons (Fsp3) is 0.222. The van der Waals surface area contributed by atoms with Gasteiger partial charge in [-0.2, -0.15) is 8.42 Å². The summed E-state index contributed by atoms with van der Waals surface area (Å²) >= 11 is 7.82. The van der Waals surface area contributed by atoms with Gasteiger partial charge in [0.05, 0.1) is 9.24 Å². The highest BCUT2D eigenvalue weighted by molar-refractivity contribution is 8.19. The van der Waals surface area contributed by atoms with Crippen molar-refractivity contribution in [3.8, 4) is 0 Å². The molecule has 1 aliphatic heterocycles. The Labute approximate surface area is 177 Å². The molecule has 148 valence electrons. The maximum absolute atomic E-state index is 12.7. The Morgan fingerprint density at radius 1 is 1.18 bits per heavy atom. The molecule has 0 spiro atoms. The lowest BCUT2D eigenvalue weighted by Gasteiger charge is -2.12. The van der Waals surface area contributed by atoms with Crippen LogP contribution in [0.1, 0.15) is 12.5 Å². The van der Waals surface area contributed by atoms with E-state index in [1.807, 2.05) is 43.3 Å². The fourth-order valence-electron chi connectivity index (χ4n) is 2.46. The average Bonchev–Trinajstić information content (AvgIpc) is 3.19. The molecular weight excluding hydrogens is 438 g/mol. The number of carbonyl (C=O) groups excluding carboxylic acids is 1. The molecule has 0 aliphatic carbocycles. The zero-order valence-corrected chi connectivity index (χ0v) is 18.6. The number of likely N-dealkylation sites (N-methyl/N-ethyl adjacent to an activating group) is 1. The van der Waals surface area contributed by atoms with Gasteiger partial charge in [0.25, 0.3) is 15.9 Å². The number of rotatable bonds is 5. The molecule has 2 aromatic rings. The van der Waals surface area contributed by atoms with E-state index in [0.717, 1.165) is 34.3 Å². The van der Waals surface area contributed by atoms with Gasteiger partial charge in [0.2, 0.25) is 0 Å². The standard InChI is InChI=1S/C18H18ClN3O3S3/c1-4-22-17(23)14(11-12-5-7-13(8-6-12)21(2)3)26-18(22)20-28(24,25)16-10-9-15(19)27-16/h5-11H,4H2,1-3H3/b14-11-,20-18+. The van der Waals surface area contributed by atoms with Gasteiger partial charge in [0.1, 0.15) is 4.21 Å². The van der Waals surface area contributed by atoms with Gasteiger partial charge in [-0.15, -0.1) is 15.7 Å². The molecule has 0 saturated carbocycles. The Hall–Kier alpha value is -1.81. The lowest BCUT2D eigenvalue weighted by Crippen LogP contribution is -2.29. The number of halogens is 1. The first-order valence-electron chi connectivity index (χ1n) is 8.30. The van der Waals surface area contributed by atoms with E-state index in [0.29, 0.717) is 15.8 Å². The van der Waals surface area contributed by atoms with Crippen LogP contribution in [0, 0.1) is 0 Å². The Kier molecular flexibility index (Phi) is 6.18. The van der Waals surface area contributed by atoms with E-state index < -0.39 is 10.0 Å². The van der Waals surface area contributed by atoms with Crippen LogP contribution in [-0.2, 0) is 14.8 Å². The van der Waals surface area contributed by atoms with Crippen molar-refractivity contribution in [1.82, 2.24) is 4.90 Å². The Morgan fingerprint density at radius 2 is 1.86 bits per heavy atom. The summed E-state index contributed by atoms with van der Waals surface area (Å²) < 4.78 is 29.3. The summed E-state index contributed by atoms with van der Waals surface area (Å²) in [4.78, 5) is 16.5. The summed E-state index contributed by atoms with van der Waals surface area (Å²) in [6.07, 6.45) is 1.74. The van der Waals surface area contributed by atoms with Crippen molar-refractivity contribution in [2.45, 2.75) is 11.1 Å². The van der Waals surface area contributed by atoms with E-state index in [2.05, 4.69) is 4.40 Å². The minimum Gasteiger partial charge on any atom is -0.378 e. The van der Waals surface area contributed by atoms with Crippen LogP contribution in [-0.4, -0.2) is 45.0 Å². The van der Waals surface area contributed by atoms with Gasteiger partial charge in [0, 0.05) is 26.3 Å². The first-order valence-corrected chi connectivity index (χ1v) is 11.8. The molecule has 0 unspecified atom stereocenters. The van der Waals surface area contributed by atoms with Crippen molar-refractivity contribution in [2.24, 2.45) is 4.40 Å². The summed E-state index contributed by atoms with van der Waals surface area (Å²) in [5.41, 5.74) is 1.90. The number of sulfonamides is 1. The van der Waals surface area contributed by atoms with Gasteiger partial charge in [-0.05, 0) is 54.6 Å². The number of carbonyl (C=O) groups is 1. The van der Waals surface area contributed by atoms with E-state index >= 15 is 0 Å². The Morgan fingerprint density at radius 3 is 2.39 bits per heavy atom. The fourth-order valence-corrected chi connectivity index (χ4v) is 6.16. The average molecular weight is 456 g/mol. The molecule has 2 heterocycles. The Balaban J connectivity index is 1.92. The highest BCUT2D eigenvalue weighted by Gasteiger charge is 2.34. The molecule has 0 bridgehead atoms. The first kappa shape index (κ1) is 20.9. The van der Waals surface area contributed by atoms with E-state index in [9.17, 15) is 13.2 Å². The SMILES string of the molecule is CCN1C(=O)/C(=C/c2ccc(N(C)C)cc2)S/C1=N/S(=O)(=O)c1ccc(Cl)s1. The molecule has 28 heavy (non-hydrogen) atoms. The van der Waals surface area contributed by atoms with Gasteiger partial charge < -0.3 is 4.90 Å². The highest BCUT2D eigenvalue weighted by Crippen LogP contribution is 2.35. The predicted molar refractivity (Wildman–Crippen MR) is 118 cm³/mol. The van der Waals surface area contributed by atoms with Crippen LogP contribution >= 0.6 is 34.7 Å². The van der Waals surface area contributed by atoms with Gasteiger partial charge in [0.15, 0.2) is 5.17 Å². The number of hydrogen-bond donors (Lipinski definition) is 0. The maximum atomic E-state index is 12.7. The van der Waals surface area contributed by atoms with Crippen molar-refractivity contribution in [3.05, 3.63) is 51.2 Å². The summed E-state index contributed by atoms with van der Waals surface area (Å²) in [5.74, 6) is -0.262. The summed E-state index contributed by atoms with van der Waals surface area (Å²) in [6, 6.07) is 10.6. The zero-order valence-electron chi connectivity index (χ0n) is 15.4. The quantitative estimate of drug-likeness (QED) is 0.633. The third-order valence-electron chi connectivity index (χ3n) is 3.91. The lowest BCUT2D eigenvalue weighted by atomic mass is 10.2. The normalized spacial score (nSPS) is 17.7. The number of nitrogens with zero attached hydrogens (tertiary/aromatic N) is 3. The van der Waals surface area contributed by atoms with E-state index in [-0.39, 0.29) is 15.3 Å². The molecule has 1 fully saturated rings. The van der Waals surface area contributed by atoms with Gasteiger partial charge in [-0.1, -0.05) is 23.7 Å². The van der Waals surface area contributed by atoms with E-state index in [1.54, 1.807) is 13.0 Å². The van der Waals surface area contributed by atoms with Crippen molar-refractivity contribution in [3.63, 3.8) is 0 Å². The van der Waals surface area contributed by atoms with Crippen molar-refractivity contribution in [2.75, 3.05) is 25.5 Å². The maximum Gasteiger partial charge on any atom is 0.294 e. The van der Waals surface area contributed by atoms with Crippen LogP contribution in [0.2, 0.25) is 4.34 Å². The summed E-state index contributed by atoms with van der Waals surface area (Å²) in [5, 5.41) is 0.146. The number of amides is 1. The number of amidine groups is 1. The number of anilines is 1. The van der Waals surface area contributed by atoms with Crippen LogP contribution in [0.25, 0.3) is 6.08 Å². The van der Waals surface area contributed by atoms with Crippen LogP contribution in [0.5, 0.6) is 0 Å². The number of hydrogen-bond acceptors (Lipinski definition) is 6. The van der Waals surface area contributed by atoms with Crippen molar-refractivity contribution >= 4 is 67.6 Å². The second-order valence-electron chi connectivity index (χ2n) is 6.05. The van der Waals surface area contributed by atoms with Crippen molar-refractivity contribution in [1.29, 1.82) is 0 Å². The topological polar surface area (TPSA) is 70.1 Å². The molecule has 3 rings (SSSR count). The Bertz CT molecular complexity index is 1060. The van der Waals surface area contributed by atoms with E-state index in [1.165, 1.54) is 17.0 Å². The summed E-state index contributed by atoms with van der Waals surface area (Å²) in [6.45, 7) is 2.10. The van der Waals surface area contributed by atoms with E-state index in [4.69, 9.17) is 11.6 Å². The molecule has 10 heteroatoms.